The van der Waals surface area contributed by atoms with Crippen molar-refractivity contribution in [3.05, 3.63) is 24.3 Å². The van der Waals surface area contributed by atoms with Gasteiger partial charge in [-0.3, -0.25) is 0 Å². The van der Waals surface area contributed by atoms with Crippen molar-refractivity contribution >= 4 is 15.7 Å². The summed E-state index contributed by atoms with van der Waals surface area (Å²) in [5.74, 6) is 2.58. The van der Waals surface area contributed by atoms with Crippen LogP contribution in [0.3, 0.4) is 0 Å². The maximum atomic E-state index is 11.4. The molecule has 0 spiro atoms. The van der Waals surface area contributed by atoms with E-state index < -0.39 is 10.0 Å². The monoisotopic (exact) mass is 252 g/mol. The lowest BCUT2D eigenvalue weighted by Gasteiger charge is -2.15. The van der Waals surface area contributed by atoms with E-state index in [0.29, 0.717) is 5.69 Å². The number of primary sulfonamides is 1. The molecule has 0 saturated carbocycles. The first kappa shape index (κ1) is 13.6. The number of para-hydroxylation sites is 1. The van der Waals surface area contributed by atoms with Gasteiger partial charge in [0.05, 0.1) is 11.7 Å². The van der Waals surface area contributed by atoms with Crippen molar-refractivity contribution in [1.82, 2.24) is 0 Å². The number of nitrogens with one attached hydrogen (secondary N) is 1. The zero-order chi connectivity index (χ0) is 12.9. The van der Waals surface area contributed by atoms with Gasteiger partial charge in [-0.05, 0) is 18.6 Å². The number of benzene rings is 1. The molecule has 3 N–H and O–H groups in total. The summed E-state index contributed by atoms with van der Waals surface area (Å²) in [5, 5.41) is 8.14. The van der Waals surface area contributed by atoms with E-state index >= 15 is 0 Å². The molecule has 0 aliphatic heterocycles. The highest BCUT2D eigenvalue weighted by Crippen LogP contribution is 2.20. The van der Waals surface area contributed by atoms with Crippen molar-refractivity contribution in [2.75, 3.05) is 5.32 Å². The summed E-state index contributed by atoms with van der Waals surface area (Å²) < 4.78 is 22.7. The molecular weight excluding hydrogens is 236 g/mol. The fraction of sp³-hybridized carbons (Fsp3) is 0.333. The molecule has 4 nitrogen and oxygen atoms in total. The smallest absolute Gasteiger partial charge is 0.240 e. The SMILES string of the molecule is C#CC(CCC)Nc1ccccc1S(N)(=O)=O. The quantitative estimate of drug-likeness (QED) is 0.781. The maximum Gasteiger partial charge on any atom is 0.240 e. The van der Waals surface area contributed by atoms with Crippen LogP contribution in [0.5, 0.6) is 0 Å². The molecule has 0 fully saturated rings. The van der Waals surface area contributed by atoms with Crippen LogP contribution in [-0.4, -0.2) is 14.5 Å². The van der Waals surface area contributed by atoms with Crippen LogP contribution in [0, 0.1) is 12.3 Å². The Morgan fingerprint density at radius 2 is 2.12 bits per heavy atom. The molecule has 0 heterocycles. The zero-order valence-corrected chi connectivity index (χ0v) is 10.5. The normalized spacial score (nSPS) is 12.8. The first-order chi connectivity index (χ1) is 7.99. The van der Waals surface area contributed by atoms with E-state index in [2.05, 4.69) is 11.2 Å². The minimum Gasteiger partial charge on any atom is -0.370 e. The summed E-state index contributed by atoms with van der Waals surface area (Å²) in [6.45, 7) is 2.01. The highest BCUT2D eigenvalue weighted by molar-refractivity contribution is 7.89. The molecule has 0 radical (unpaired) electrons. The summed E-state index contributed by atoms with van der Waals surface area (Å²) in [6, 6.07) is 6.27. The third kappa shape index (κ3) is 3.77. The van der Waals surface area contributed by atoms with Gasteiger partial charge in [0, 0.05) is 0 Å². The molecule has 0 amide bonds. The van der Waals surface area contributed by atoms with Gasteiger partial charge in [0.2, 0.25) is 10.0 Å². The Morgan fingerprint density at radius 1 is 1.47 bits per heavy atom. The molecule has 0 saturated heterocycles. The molecule has 1 aromatic carbocycles. The molecule has 1 atom stereocenters. The molecule has 5 heteroatoms. The molecule has 92 valence electrons. The van der Waals surface area contributed by atoms with Gasteiger partial charge >= 0.3 is 0 Å². The highest BCUT2D eigenvalue weighted by Gasteiger charge is 2.14. The Morgan fingerprint density at radius 3 is 2.65 bits per heavy atom. The van der Waals surface area contributed by atoms with E-state index in [1.54, 1.807) is 18.2 Å². The lowest BCUT2D eigenvalue weighted by Crippen LogP contribution is -2.20. The van der Waals surface area contributed by atoms with Crippen molar-refractivity contribution < 1.29 is 8.42 Å². The average molecular weight is 252 g/mol. The lowest BCUT2D eigenvalue weighted by atomic mass is 10.1. The minimum absolute atomic E-state index is 0.0661. The van der Waals surface area contributed by atoms with Crippen LogP contribution >= 0.6 is 0 Å². The topological polar surface area (TPSA) is 72.2 Å². The third-order valence-corrected chi connectivity index (χ3v) is 3.27. The van der Waals surface area contributed by atoms with Crippen molar-refractivity contribution in [3.63, 3.8) is 0 Å². The molecule has 0 bridgehead atoms. The number of anilines is 1. The van der Waals surface area contributed by atoms with Crippen molar-refractivity contribution in [2.45, 2.75) is 30.7 Å². The second-order valence-electron chi connectivity index (χ2n) is 3.69. The van der Waals surface area contributed by atoms with Gasteiger partial charge in [0.15, 0.2) is 0 Å². The first-order valence-corrected chi connectivity index (χ1v) is 6.88. The highest BCUT2D eigenvalue weighted by atomic mass is 32.2. The molecule has 1 aromatic rings. The van der Waals surface area contributed by atoms with Gasteiger partial charge in [-0.15, -0.1) is 6.42 Å². The molecule has 1 unspecified atom stereocenters. The molecule has 1 rings (SSSR count). The molecule has 17 heavy (non-hydrogen) atoms. The largest absolute Gasteiger partial charge is 0.370 e. The average Bonchev–Trinajstić information content (AvgIpc) is 2.27. The van der Waals surface area contributed by atoms with Crippen LogP contribution in [0.2, 0.25) is 0 Å². The predicted molar refractivity (Wildman–Crippen MR) is 69.0 cm³/mol. The first-order valence-electron chi connectivity index (χ1n) is 5.33. The van der Waals surface area contributed by atoms with E-state index in [0.717, 1.165) is 12.8 Å². The standard InChI is InChI=1S/C12H16N2O2S/c1-3-7-10(4-2)14-11-8-5-6-9-12(11)17(13,15)16/h2,5-6,8-10,14H,3,7H2,1H3,(H2,13,15,16). The Labute approximate surface area is 102 Å². The fourth-order valence-electron chi connectivity index (χ4n) is 1.51. The van der Waals surface area contributed by atoms with Gasteiger partial charge in [0.1, 0.15) is 4.90 Å². The van der Waals surface area contributed by atoms with E-state index in [1.807, 2.05) is 6.92 Å². The van der Waals surface area contributed by atoms with E-state index in [1.165, 1.54) is 6.07 Å². The minimum atomic E-state index is -3.73. The maximum absolute atomic E-state index is 11.4. The second kappa shape index (κ2) is 5.71. The molecule has 0 aliphatic carbocycles. The van der Waals surface area contributed by atoms with Gasteiger partial charge in [-0.2, -0.15) is 0 Å². The van der Waals surface area contributed by atoms with Crippen LogP contribution in [-0.2, 0) is 10.0 Å². The van der Waals surface area contributed by atoms with Gasteiger partial charge in [0.25, 0.3) is 0 Å². The van der Waals surface area contributed by atoms with Crippen molar-refractivity contribution in [1.29, 1.82) is 0 Å². The second-order valence-corrected chi connectivity index (χ2v) is 5.22. The van der Waals surface area contributed by atoms with Crippen LogP contribution in [0.4, 0.5) is 5.69 Å². The van der Waals surface area contributed by atoms with Gasteiger partial charge < -0.3 is 5.32 Å². The molecule has 0 aliphatic rings. The van der Waals surface area contributed by atoms with E-state index in [-0.39, 0.29) is 10.9 Å². The fourth-order valence-corrected chi connectivity index (χ4v) is 2.21. The Balaban J connectivity index is 3.03. The number of rotatable bonds is 5. The van der Waals surface area contributed by atoms with E-state index in [4.69, 9.17) is 11.6 Å². The van der Waals surface area contributed by atoms with Crippen LogP contribution in [0.15, 0.2) is 29.2 Å². The van der Waals surface area contributed by atoms with Crippen LogP contribution in [0.1, 0.15) is 19.8 Å². The predicted octanol–water partition coefficient (Wildman–Crippen LogP) is 1.55. The Bertz CT molecular complexity index is 518. The lowest BCUT2D eigenvalue weighted by molar-refractivity contribution is 0.598. The Kier molecular flexibility index (Phi) is 4.55. The summed E-state index contributed by atoms with van der Waals surface area (Å²) in [6.07, 6.45) is 7.06. The number of terminal acetylenes is 1. The van der Waals surface area contributed by atoms with Gasteiger partial charge in [-0.1, -0.05) is 31.4 Å². The van der Waals surface area contributed by atoms with Crippen molar-refractivity contribution in [2.24, 2.45) is 5.14 Å². The van der Waals surface area contributed by atoms with Gasteiger partial charge in [-0.25, -0.2) is 13.6 Å². The number of hydrogen-bond acceptors (Lipinski definition) is 3. The summed E-state index contributed by atoms with van der Waals surface area (Å²) in [4.78, 5) is 0.0661. The Hall–Kier alpha value is -1.51. The summed E-state index contributed by atoms with van der Waals surface area (Å²) in [5.41, 5.74) is 0.450. The van der Waals surface area contributed by atoms with E-state index in [9.17, 15) is 8.42 Å². The number of nitrogens with two attached hydrogens (primary N) is 1. The van der Waals surface area contributed by atoms with Crippen LogP contribution < -0.4 is 10.5 Å². The summed E-state index contributed by atoms with van der Waals surface area (Å²) in [7, 11) is -3.73. The third-order valence-electron chi connectivity index (χ3n) is 2.30. The number of hydrogen-bond donors (Lipinski definition) is 2. The zero-order valence-electron chi connectivity index (χ0n) is 9.68. The number of sulfonamides is 1. The van der Waals surface area contributed by atoms with Crippen molar-refractivity contribution in [3.8, 4) is 12.3 Å². The molecular formula is C12H16N2O2S. The molecule has 0 aromatic heterocycles. The summed E-state index contributed by atoms with van der Waals surface area (Å²) >= 11 is 0. The van der Waals surface area contributed by atoms with Crippen LogP contribution in [0.25, 0.3) is 0 Å².